The summed E-state index contributed by atoms with van der Waals surface area (Å²) in [5.74, 6) is 0. The van der Waals surface area contributed by atoms with Crippen LogP contribution in [0.25, 0.3) is 0 Å². The van der Waals surface area contributed by atoms with E-state index >= 15 is 0 Å². The van der Waals surface area contributed by atoms with Crippen LogP contribution in [0, 0.1) is 5.41 Å². The Hall–Kier alpha value is -0.410. The summed E-state index contributed by atoms with van der Waals surface area (Å²) in [5, 5.41) is 7.06. The number of thiazole rings is 1. The van der Waals surface area contributed by atoms with Crippen molar-refractivity contribution in [2.45, 2.75) is 72.8 Å². The lowest BCUT2D eigenvalue weighted by Crippen LogP contribution is -2.42. The van der Waals surface area contributed by atoms with Crippen molar-refractivity contribution >= 4 is 11.3 Å². The molecule has 0 aliphatic heterocycles. The SMILES string of the molecule is CC(C)(CNC(C)(C)C)Cc1nc(C(C)(C)C)cs1. The first-order valence-corrected chi connectivity index (χ1v) is 7.97. The number of hydrogen-bond donors (Lipinski definition) is 1. The standard InChI is InChI=1S/C16H30N2S/c1-14(2,3)12-10-19-13(18-12)9-16(7,8)11-17-15(4,5)6/h10,17H,9,11H2,1-8H3. The molecule has 0 atom stereocenters. The van der Waals surface area contributed by atoms with Crippen LogP contribution in [0.4, 0.5) is 0 Å². The maximum Gasteiger partial charge on any atom is 0.0934 e. The molecule has 0 aliphatic carbocycles. The fraction of sp³-hybridized carbons (Fsp3) is 0.812. The second-order valence-corrected chi connectivity index (χ2v) is 9.26. The molecule has 0 aliphatic rings. The van der Waals surface area contributed by atoms with E-state index in [0.29, 0.717) is 0 Å². The van der Waals surface area contributed by atoms with Crippen molar-refractivity contribution < 1.29 is 0 Å². The van der Waals surface area contributed by atoms with Crippen molar-refractivity contribution in [1.29, 1.82) is 0 Å². The van der Waals surface area contributed by atoms with E-state index in [1.165, 1.54) is 10.7 Å². The highest BCUT2D eigenvalue weighted by Gasteiger charge is 2.24. The van der Waals surface area contributed by atoms with Crippen molar-refractivity contribution in [1.82, 2.24) is 10.3 Å². The highest BCUT2D eigenvalue weighted by atomic mass is 32.1. The molecule has 0 aromatic carbocycles. The summed E-state index contributed by atoms with van der Waals surface area (Å²) in [5.41, 5.74) is 1.78. The van der Waals surface area contributed by atoms with E-state index in [9.17, 15) is 0 Å². The van der Waals surface area contributed by atoms with Gasteiger partial charge in [0.15, 0.2) is 0 Å². The Morgan fingerprint density at radius 1 is 1.05 bits per heavy atom. The molecule has 110 valence electrons. The molecule has 0 amide bonds. The second kappa shape index (κ2) is 5.53. The van der Waals surface area contributed by atoms with Gasteiger partial charge in [0.2, 0.25) is 0 Å². The van der Waals surface area contributed by atoms with Crippen LogP contribution < -0.4 is 5.32 Å². The lowest BCUT2D eigenvalue weighted by Gasteiger charge is -2.30. The van der Waals surface area contributed by atoms with Crippen LogP contribution in [0.5, 0.6) is 0 Å². The Morgan fingerprint density at radius 2 is 1.63 bits per heavy atom. The predicted molar refractivity (Wildman–Crippen MR) is 86.1 cm³/mol. The monoisotopic (exact) mass is 282 g/mol. The van der Waals surface area contributed by atoms with E-state index in [0.717, 1.165) is 13.0 Å². The predicted octanol–water partition coefficient (Wildman–Crippen LogP) is 4.40. The van der Waals surface area contributed by atoms with Crippen molar-refractivity contribution in [3.8, 4) is 0 Å². The van der Waals surface area contributed by atoms with Crippen molar-refractivity contribution in [3.05, 3.63) is 16.1 Å². The maximum absolute atomic E-state index is 4.80. The molecular weight excluding hydrogens is 252 g/mol. The van der Waals surface area contributed by atoms with Gasteiger partial charge < -0.3 is 5.32 Å². The molecule has 0 saturated carbocycles. The normalized spacial score (nSPS) is 13.9. The number of hydrogen-bond acceptors (Lipinski definition) is 3. The zero-order valence-electron chi connectivity index (χ0n) is 13.8. The van der Waals surface area contributed by atoms with Gasteiger partial charge >= 0.3 is 0 Å². The molecule has 3 heteroatoms. The molecule has 1 N–H and O–H groups in total. The first-order chi connectivity index (χ1) is 8.39. The summed E-state index contributed by atoms with van der Waals surface area (Å²) in [6, 6.07) is 0. The number of aromatic nitrogens is 1. The molecular formula is C16H30N2S. The van der Waals surface area contributed by atoms with Crippen LogP contribution >= 0.6 is 11.3 Å². The molecule has 1 aromatic heterocycles. The largest absolute Gasteiger partial charge is 0.312 e. The topological polar surface area (TPSA) is 24.9 Å². The zero-order chi connectivity index (χ0) is 14.9. The van der Waals surface area contributed by atoms with Crippen molar-refractivity contribution in [3.63, 3.8) is 0 Å². The first-order valence-electron chi connectivity index (χ1n) is 7.09. The molecule has 0 bridgehead atoms. The number of nitrogens with zero attached hydrogens (tertiary/aromatic N) is 1. The third-order valence-electron chi connectivity index (χ3n) is 3.05. The van der Waals surface area contributed by atoms with Crippen LogP contribution in [0.15, 0.2) is 5.38 Å². The van der Waals surface area contributed by atoms with Gasteiger partial charge in [-0.05, 0) is 26.2 Å². The van der Waals surface area contributed by atoms with E-state index in [2.05, 4.69) is 66.1 Å². The Bertz CT molecular complexity index is 405. The van der Waals surface area contributed by atoms with E-state index < -0.39 is 0 Å². The van der Waals surface area contributed by atoms with Gasteiger partial charge in [0, 0.05) is 29.3 Å². The minimum absolute atomic E-state index is 0.155. The summed E-state index contributed by atoms with van der Waals surface area (Å²) >= 11 is 1.80. The molecule has 19 heavy (non-hydrogen) atoms. The van der Waals surface area contributed by atoms with Gasteiger partial charge in [0.05, 0.1) is 10.7 Å². The maximum atomic E-state index is 4.80. The van der Waals surface area contributed by atoms with Gasteiger partial charge in [0.25, 0.3) is 0 Å². The van der Waals surface area contributed by atoms with E-state index in [1.54, 1.807) is 11.3 Å². The van der Waals surface area contributed by atoms with Gasteiger partial charge in [-0.15, -0.1) is 11.3 Å². The Kier molecular flexibility index (Phi) is 4.84. The summed E-state index contributed by atoms with van der Waals surface area (Å²) in [6.07, 6.45) is 1.04. The molecule has 0 unspecified atom stereocenters. The smallest absolute Gasteiger partial charge is 0.0934 e. The number of nitrogens with one attached hydrogen (secondary N) is 1. The summed E-state index contributed by atoms with van der Waals surface area (Å²) in [7, 11) is 0. The number of rotatable bonds is 4. The van der Waals surface area contributed by atoms with E-state index in [4.69, 9.17) is 4.98 Å². The zero-order valence-corrected chi connectivity index (χ0v) is 14.7. The molecule has 1 rings (SSSR count). The highest BCUT2D eigenvalue weighted by Crippen LogP contribution is 2.28. The fourth-order valence-corrected chi connectivity index (χ4v) is 2.99. The third kappa shape index (κ3) is 6.05. The van der Waals surface area contributed by atoms with Crippen LogP contribution in [0.1, 0.15) is 66.1 Å². The van der Waals surface area contributed by atoms with Crippen LogP contribution in [-0.2, 0) is 11.8 Å². The summed E-state index contributed by atoms with van der Waals surface area (Å²) in [6.45, 7) is 18.9. The Balaban J connectivity index is 2.65. The van der Waals surface area contributed by atoms with Gasteiger partial charge in [0.1, 0.15) is 0 Å². The molecule has 0 saturated heterocycles. The molecule has 0 spiro atoms. The summed E-state index contributed by atoms with van der Waals surface area (Å²) in [4.78, 5) is 4.80. The quantitative estimate of drug-likeness (QED) is 0.885. The van der Waals surface area contributed by atoms with Gasteiger partial charge in [-0.3, -0.25) is 0 Å². The van der Waals surface area contributed by atoms with Crippen molar-refractivity contribution in [2.75, 3.05) is 6.54 Å². The van der Waals surface area contributed by atoms with Crippen LogP contribution in [0.3, 0.4) is 0 Å². The minimum atomic E-state index is 0.155. The van der Waals surface area contributed by atoms with Crippen molar-refractivity contribution in [2.24, 2.45) is 5.41 Å². The lowest BCUT2D eigenvalue weighted by molar-refractivity contribution is 0.288. The average Bonchev–Trinajstić information content (AvgIpc) is 2.61. The lowest BCUT2D eigenvalue weighted by atomic mass is 9.88. The Labute approximate surface area is 123 Å². The van der Waals surface area contributed by atoms with Gasteiger partial charge in [-0.1, -0.05) is 34.6 Å². The fourth-order valence-electron chi connectivity index (χ4n) is 1.71. The molecule has 2 nitrogen and oxygen atoms in total. The van der Waals surface area contributed by atoms with Gasteiger partial charge in [-0.2, -0.15) is 0 Å². The van der Waals surface area contributed by atoms with E-state index in [-0.39, 0.29) is 16.4 Å². The van der Waals surface area contributed by atoms with Crippen LogP contribution in [-0.4, -0.2) is 17.1 Å². The van der Waals surface area contributed by atoms with E-state index in [1.807, 2.05) is 0 Å². The molecule has 0 fully saturated rings. The third-order valence-corrected chi connectivity index (χ3v) is 3.90. The average molecular weight is 282 g/mol. The first kappa shape index (κ1) is 16.6. The molecule has 1 aromatic rings. The Morgan fingerprint density at radius 3 is 2.05 bits per heavy atom. The van der Waals surface area contributed by atoms with Crippen LogP contribution in [0.2, 0.25) is 0 Å². The molecule has 0 radical (unpaired) electrons. The minimum Gasteiger partial charge on any atom is -0.312 e. The summed E-state index contributed by atoms with van der Waals surface area (Å²) < 4.78 is 0. The molecule has 1 heterocycles. The highest BCUT2D eigenvalue weighted by molar-refractivity contribution is 7.09. The van der Waals surface area contributed by atoms with Gasteiger partial charge in [-0.25, -0.2) is 4.98 Å². The second-order valence-electron chi connectivity index (χ2n) is 8.32.